The van der Waals surface area contributed by atoms with E-state index in [4.69, 9.17) is 0 Å². The van der Waals surface area contributed by atoms with Crippen molar-refractivity contribution in [1.29, 1.82) is 0 Å². The molecule has 0 radical (unpaired) electrons. The van der Waals surface area contributed by atoms with Crippen LogP contribution >= 0.6 is 0 Å². The third-order valence-electron chi connectivity index (χ3n) is 10.7. The van der Waals surface area contributed by atoms with Crippen LogP contribution in [0.1, 0.15) is 0 Å². The molecule has 11 rings (SSSR count). The summed E-state index contributed by atoms with van der Waals surface area (Å²) in [6.07, 6.45) is 0. The molecule has 3 aliphatic heterocycles. The molecule has 0 amide bonds. The normalized spacial score (nSPS) is 16.2. The summed E-state index contributed by atoms with van der Waals surface area (Å²) in [5.74, 6) is 0. The molecule has 0 atom stereocenters. The molecule has 10 heteroatoms. The second-order valence-corrected chi connectivity index (χ2v) is 18.9. The van der Waals surface area contributed by atoms with E-state index in [9.17, 15) is 25.3 Å². The van der Waals surface area contributed by atoms with Crippen LogP contribution in [0.4, 0.5) is 0 Å². The molecule has 0 fully saturated rings. The van der Waals surface area contributed by atoms with E-state index in [1.54, 1.807) is 60.7 Å². The molecule has 250 valence electrons. The van der Waals surface area contributed by atoms with Crippen molar-refractivity contribution in [3.63, 3.8) is 0 Å². The maximum atomic E-state index is 14.3. The van der Waals surface area contributed by atoms with Crippen LogP contribution in [0.2, 0.25) is 0 Å². The van der Waals surface area contributed by atoms with Crippen molar-refractivity contribution >= 4 is 51.5 Å². The third-order valence-corrected chi connectivity index (χ3v) is 16.1. The van der Waals surface area contributed by atoms with Gasteiger partial charge in [0.05, 0.1) is 35.5 Å². The van der Waals surface area contributed by atoms with Crippen molar-refractivity contribution in [3.05, 3.63) is 140 Å². The van der Waals surface area contributed by atoms with Gasteiger partial charge in [-0.1, -0.05) is 84.9 Å². The monoisotopic (exact) mass is 733 g/mol. The average molecular weight is 734 g/mol. The standard InChI is InChI=1S/C42H23NO6S3/c44-50(45)37-10-4-1-7-28(37)31-16-13-25(22-40(31)50)24-15-18-36-33(19-24)35-21-27(20-34-30-9-3-6-12-39(30)52(48,49)43(36)42(34)35)26-14-17-32-29-8-2-5-11-38(29)51(46,47)41(32)23-26/h1-23H. The molecule has 8 aromatic rings. The van der Waals surface area contributed by atoms with Gasteiger partial charge < -0.3 is 0 Å². The zero-order chi connectivity index (χ0) is 35.3. The number of rotatable bonds is 2. The van der Waals surface area contributed by atoms with Crippen LogP contribution in [-0.2, 0) is 29.7 Å². The lowest BCUT2D eigenvalue weighted by atomic mass is 9.94. The van der Waals surface area contributed by atoms with E-state index in [0.717, 1.165) is 11.1 Å². The lowest BCUT2D eigenvalue weighted by Crippen LogP contribution is -2.17. The van der Waals surface area contributed by atoms with Gasteiger partial charge in [0, 0.05) is 44.2 Å². The van der Waals surface area contributed by atoms with Gasteiger partial charge in [0.2, 0.25) is 19.7 Å². The van der Waals surface area contributed by atoms with E-state index in [-0.39, 0.29) is 24.5 Å². The number of benzene rings is 7. The minimum absolute atomic E-state index is 0.179. The van der Waals surface area contributed by atoms with Crippen LogP contribution in [-0.4, -0.2) is 29.2 Å². The van der Waals surface area contributed by atoms with E-state index in [1.165, 1.54) is 3.97 Å². The number of aromatic nitrogens is 1. The molecule has 3 aliphatic rings. The van der Waals surface area contributed by atoms with Crippen LogP contribution in [0, 0.1) is 0 Å². The fraction of sp³-hybridized carbons (Fsp3) is 0. The molecule has 1 aromatic heterocycles. The first-order valence-electron chi connectivity index (χ1n) is 16.5. The Morgan fingerprint density at radius 1 is 0.346 bits per heavy atom. The molecule has 7 nitrogen and oxygen atoms in total. The van der Waals surface area contributed by atoms with Crippen molar-refractivity contribution in [2.24, 2.45) is 0 Å². The molecule has 0 aliphatic carbocycles. The number of hydrogen-bond donors (Lipinski definition) is 0. The van der Waals surface area contributed by atoms with E-state index in [2.05, 4.69) is 0 Å². The molecule has 4 heterocycles. The third kappa shape index (κ3) is 3.65. The molecule has 0 N–H and O–H groups in total. The molecule has 0 spiro atoms. The van der Waals surface area contributed by atoms with E-state index in [0.29, 0.717) is 66.3 Å². The molecule has 52 heavy (non-hydrogen) atoms. The summed E-state index contributed by atoms with van der Waals surface area (Å²) in [6.45, 7) is 0. The van der Waals surface area contributed by atoms with Crippen molar-refractivity contribution < 1.29 is 25.3 Å². The molecular formula is C42H23NO6S3. The second-order valence-electron chi connectivity index (χ2n) is 13.3. The minimum Gasteiger partial charge on any atom is -0.233 e. The fourth-order valence-electron chi connectivity index (χ4n) is 8.30. The summed E-state index contributed by atoms with van der Waals surface area (Å²) in [5, 5.41) is 1.34. The summed E-state index contributed by atoms with van der Waals surface area (Å²) >= 11 is 0. The first-order chi connectivity index (χ1) is 25.0. The number of fused-ring (bicyclic) bond motifs is 11. The lowest BCUT2D eigenvalue weighted by Gasteiger charge is -2.21. The Morgan fingerprint density at radius 3 is 1.38 bits per heavy atom. The zero-order valence-corrected chi connectivity index (χ0v) is 29.3. The molecule has 0 bridgehead atoms. The second kappa shape index (κ2) is 9.74. The van der Waals surface area contributed by atoms with Crippen molar-refractivity contribution in [3.8, 4) is 55.6 Å². The first-order valence-corrected chi connectivity index (χ1v) is 20.9. The van der Waals surface area contributed by atoms with Gasteiger partial charge in [-0.25, -0.2) is 29.2 Å². The number of sulfone groups is 2. The zero-order valence-electron chi connectivity index (χ0n) is 26.9. The van der Waals surface area contributed by atoms with Gasteiger partial charge in [-0.05, 0) is 76.9 Å². The van der Waals surface area contributed by atoms with Gasteiger partial charge in [-0.3, -0.25) is 0 Å². The van der Waals surface area contributed by atoms with E-state index >= 15 is 0 Å². The topological polar surface area (TPSA) is 107 Å². The van der Waals surface area contributed by atoms with E-state index < -0.39 is 29.7 Å². The van der Waals surface area contributed by atoms with Gasteiger partial charge in [-0.15, -0.1) is 0 Å². The Hall–Kier alpha value is -5.81. The number of nitrogens with zero attached hydrogens (tertiary/aromatic N) is 1. The molecule has 0 saturated heterocycles. The Balaban J connectivity index is 1.17. The first kappa shape index (κ1) is 29.9. The quantitative estimate of drug-likeness (QED) is 0.176. The molecule has 0 unspecified atom stereocenters. The van der Waals surface area contributed by atoms with Gasteiger partial charge in [0.25, 0.3) is 10.0 Å². The summed E-state index contributed by atoms with van der Waals surface area (Å²) in [4.78, 5) is 1.22. The van der Waals surface area contributed by atoms with Crippen LogP contribution in [0.3, 0.4) is 0 Å². The van der Waals surface area contributed by atoms with Gasteiger partial charge >= 0.3 is 0 Å². The number of hydrogen-bond acceptors (Lipinski definition) is 6. The Labute approximate surface area is 298 Å². The summed E-state index contributed by atoms with van der Waals surface area (Å²) in [6, 6.07) is 41.1. The predicted octanol–water partition coefficient (Wildman–Crippen LogP) is 8.97. The van der Waals surface area contributed by atoms with Crippen LogP contribution in [0.25, 0.3) is 77.4 Å². The summed E-state index contributed by atoms with van der Waals surface area (Å²) in [5.41, 5.74) is 7.76. The Morgan fingerprint density at radius 2 is 0.788 bits per heavy atom. The SMILES string of the molecule is O=S1(=O)c2ccccc2-c2ccc(-c3ccc4c(c3)c3cc(-c5ccc6c(c5)S(=O)(=O)c5ccccc5-6)cc5c3n4S(=O)(=O)c3ccccc3-5)cc21. The Bertz CT molecular complexity index is 3340. The highest BCUT2D eigenvalue weighted by Gasteiger charge is 2.36. The average Bonchev–Trinajstić information content (AvgIpc) is 3.71. The lowest BCUT2D eigenvalue weighted by molar-refractivity contribution is 0.589. The van der Waals surface area contributed by atoms with Crippen molar-refractivity contribution in [2.75, 3.05) is 0 Å². The summed E-state index contributed by atoms with van der Waals surface area (Å²) in [7, 11) is -11.4. The Kier molecular flexibility index (Phi) is 5.60. The highest BCUT2D eigenvalue weighted by molar-refractivity contribution is 7.92. The van der Waals surface area contributed by atoms with Crippen molar-refractivity contribution in [2.45, 2.75) is 24.5 Å². The fourth-order valence-corrected chi connectivity index (χ4v) is 13.5. The molecular weight excluding hydrogens is 711 g/mol. The van der Waals surface area contributed by atoms with Gasteiger partial charge in [0.15, 0.2) is 0 Å². The smallest absolute Gasteiger partial charge is 0.233 e. The molecule has 7 aromatic carbocycles. The van der Waals surface area contributed by atoms with Crippen LogP contribution in [0.15, 0.2) is 164 Å². The largest absolute Gasteiger partial charge is 0.269 e. The van der Waals surface area contributed by atoms with Gasteiger partial charge in [0.1, 0.15) is 0 Å². The van der Waals surface area contributed by atoms with Crippen LogP contribution < -0.4 is 0 Å². The predicted molar refractivity (Wildman–Crippen MR) is 200 cm³/mol. The molecule has 0 saturated carbocycles. The van der Waals surface area contributed by atoms with E-state index in [1.807, 2.05) is 78.9 Å². The van der Waals surface area contributed by atoms with Gasteiger partial charge in [-0.2, -0.15) is 0 Å². The highest BCUT2D eigenvalue weighted by atomic mass is 32.2. The highest BCUT2D eigenvalue weighted by Crippen LogP contribution is 2.50. The minimum atomic E-state index is -4.00. The van der Waals surface area contributed by atoms with Crippen LogP contribution in [0.5, 0.6) is 0 Å². The maximum Gasteiger partial charge on any atom is 0.269 e. The summed E-state index contributed by atoms with van der Waals surface area (Å²) < 4.78 is 84.4. The van der Waals surface area contributed by atoms with Crippen molar-refractivity contribution in [1.82, 2.24) is 3.97 Å². The maximum absolute atomic E-state index is 14.3.